The molecular weight excluding hydrogens is 206 g/mol. The van der Waals surface area contributed by atoms with E-state index in [-0.39, 0.29) is 5.91 Å². The summed E-state index contributed by atoms with van der Waals surface area (Å²) < 4.78 is 5.06. The number of hydrogen-bond acceptors (Lipinski definition) is 3. The van der Waals surface area contributed by atoms with E-state index in [9.17, 15) is 9.59 Å². The first-order valence-corrected chi connectivity index (χ1v) is 5.02. The highest BCUT2D eigenvalue weighted by Crippen LogP contribution is 2.12. The van der Waals surface area contributed by atoms with E-state index < -0.39 is 6.09 Å². The molecule has 0 aliphatic carbocycles. The van der Waals surface area contributed by atoms with Gasteiger partial charge in [-0.3, -0.25) is 4.79 Å². The van der Waals surface area contributed by atoms with Gasteiger partial charge in [-0.05, 0) is 24.6 Å². The van der Waals surface area contributed by atoms with Crippen molar-refractivity contribution in [2.75, 3.05) is 6.54 Å². The van der Waals surface area contributed by atoms with Crippen LogP contribution in [0.5, 0.6) is 5.75 Å². The molecule has 16 heavy (non-hydrogen) atoms. The Morgan fingerprint density at radius 2 is 2.00 bits per heavy atom. The average Bonchev–Trinajstić information content (AvgIpc) is 2.31. The number of hydrogen-bond donors (Lipinski definition) is 0. The maximum absolute atomic E-state index is 11.6. The van der Waals surface area contributed by atoms with Gasteiger partial charge in [0.05, 0.1) is 0 Å². The van der Waals surface area contributed by atoms with Gasteiger partial charge >= 0.3 is 6.09 Å². The lowest BCUT2D eigenvalue weighted by Gasteiger charge is -2.20. The number of ether oxygens (including phenoxy) is 1. The quantitative estimate of drug-likeness (QED) is 0.722. The van der Waals surface area contributed by atoms with E-state index in [1.165, 1.54) is 6.08 Å². The fourth-order valence-corrected chi connectivity index (χ4v) is 1.41. The summed E-state index contributed by atoms with van der Waals surface area (Å²) in [7, 11) is 0. The summed E-state index contributed by atoms with van der Waals surface area (Å²) >= 11 is 0. The normalized spacial score (nSPS) is 15.0. The molecule has 0 saturated heterocycles. The average molecular weight is 217 g/mol. The minimum absolute atomic E-state index is 0.327. The minimum Gasteiger partial charge on any atom is -0.410 e. The molecule has 1 aromatic rings. The van der Waals surface area contributed by atoms with Crippen molar-refractivity contribution >= 4 is 12.0 Å². The van der Waals surface area contributed by atoms with Gasteiger partial charge in [-0.15, -0.1) is 0 Å². The number of rotatable bonds is 1. The van der Waals surface area contributed by atoms with Crippen LogP contribution in [0.2, 0.25) is 0 Å². The summed E-state index contributed by atoms with van der Waals surface area (Å²) in [6.45, 7) is 0.376. The fourth-order valence-electron chi connectivity index (χ4n) is 1.41. The molecule has 4 heteroatoms. The Bertz CT molecular complexity index is 425. The monoisotopic (exact) mass is 217 g/mol. The molecule has 0 bridgehead atoms. The molecule has 0 aromatic heterocycles. The first-order chi connectivity index (χ1) is 7.77. The second kappa shape index (κ2) is 4.61. The highest BCUT2D eigenvalue weighted by atomic mass is 16.6. The Kier molecular flexibility index (Phi) is 3.00. The zero-order valence-corrected chi connectivity index (χ0v) is 8.63. The zero-order valence-electron chi connectivity index (χ0n) is 8.63. The number of benzene rings is 1. The largest absolute Gasteiger partial charge is 0.422 e. The molecule has 82 valence electrons. The topological polar surface area (TPSA) is 46.6 Å². The van der Waals surface area contributed by atoms with E-state index >= 15 is 0 Å². The predicted octanol–water partition coefficient (Wildman–Crippen LogP) is 1.97. The summed E-state index contributed by atoms with van der Waals surface area (Å²) in [5.74, 6) is 0.113. The summed E-state index contributed by atoms with van der Waals surface area (Å²) in [5.41, 5.74) is 0. The van der Waals surface area contributed by atoms with Crippen LogP contribution in [-0.2, 0) is 4.79 Å². The second-order valence-corrected chi connectivity index (χ2v) is 3.36. The maximum Gasteiger partial charge on any atom is 0.422 e. The minimum atomic E-state index is -0.624. The number of carbonyl (C=O) groups excluding carboxylic acids is 2. The van der Waals surface area contributed by atoms with Crippen molar-refractivity contribution in [3.63, 3.8) is 0 Å². The maximum atomic E-state index is 11.6. The van der Waals surface area contributed by atoms with E-state index in [2.05, 4.69) is 0 Å². The molecule has 0 saturated carbocycles. The van der Waals surface area contributed by atoms with Crippen LogP contribution in [0.3, 0.4) is 0 Å². The van der Waals surface area contributed by atoms with Crippen LogP contribution in [0.1, 0.15) is 6.42 Å². The Balaban J connectivity index is 2.03. The predicted molar refractivity (Wildman–Crippen MR) is 57.9 cm³/mol. The molecule has 1 aromatic carbocycles. The van der Waals surface area contributed by atoms with Gasteiger partial charge in [0, 0.05) is 6.54 Å². The third kappa shape index (κ3) is 2.28. The standard InChI is InChI=1S/C12H11NO3/c14-11-8-4-5-9-13(11)12(15)16-10-6-2-1-3-7-10/h1-4,6-8H,5,9H2. The molecule has 0 N–H and O–H groups in total. The first-order valence-electron chi connectivity index (χ1n) is 5.02. The smallest absolute Gasteiger partial charge is 0.410 e. The Labute approximate surface area is 93.1 Å². The highest BCUT2D eigenvalue weighted by Gasteiger charge is 2.22. The Hall–Kier alpha value is -2.10. The zero-order chi connectivity index (χ0) is 11.4. The van der Waals surface area contributed by atoms with Crippen LogP contribution in [0.4, 0.5) is 4.79 Å². The second-order valence-electron chi connectivity index (χ2n) is 3.36. The fraction of sp³-hybridized carbons (Fsp3) is 0.167. The molecule has 0 fully saturated rings. The van der Waals surface area contributed by atoms with Gasteiger partial charge in [-0.1, -0.05) is 24.3 Å². The van der Waals surface area contributed by atoms with Gasteiger partial charge in [0.15, 0.2) is 0 Å². The number of para-hydroxylation sites is 1. The van der Waals surface area contributed by atoms with Crippen molar-refractivity contribution in [1.29, 1.82) is 0 Å². The molecule has 0 unspecified atom stereocenters. The molecule has 0 spiro atoms. The lowest BCUT2D eigenvalue weighted by molar-refractivity contribution is -0.124. The summed E-state index contributed by atoms with van der Waals surface area (Å²) in [5, 5.41) is 0. The third-order valence-corrected chi connectivity index (χ3v) is 2.21. The molecule has 0 atom stereocenters. The van der Waals surface area contributed by atoms with E-state index in [4.69, 9.17) is 4.74 Å². The molecular formula is C12H11NO3. The molecule has 1 heterocycles. The van der Waals surface area contributed by atoms with Gasteiger partial charge in [0.2, 0.25) is 0 Å². The van der Waals surface area contributed by atoms with Crippen LogP contribution < -0.4 is 4.74 Å². The molecule has 4 nitrogen and oxygen atoms in total. The van der Waals surface area contributed by atoms with Crippen molar-refractivity contribution in [2.45, 2.75) is 6.42 Å². The van der Waals surface area contributed by atoms with Crippen LogP contribution in [0.25, 0.3) is 0 Å². The van der Waals surface area contributed by atoms with Crippen molar-refractivity contribution in [3.8, 4) is 5.75 Å². The lowest BCUT2D eigenvalue weighted by Crippen LogP contribution is -2.40. The van der Waals surface area contributed by atoms with Crippen molar-refractivity contribution in [2.24, 2.45) is 0 Å². The van der Waals surface area contributed by atoms with E-state index in [0.29, 0.717) is 18.7 Å². The number of carbonyl (C=O) groups is 2. The van der Waals surface area contributed by atoms with E-state index in [0.717, 1.165) is 4.90 Å². The Morgan fingerprint density at radius 1 is 1.25 bits per heavy atom. The Morgan fingerprint density at radius 3 is 2.69 bits per heavy atom. The molecule has 2 rings (SSSR count). The SMILES string of the molecule is O=C1C=CCCN1C(=O)Oc1ccccc1. The van der Waals surface area contributed by atoms with E-state index in [1.807, 2.05) is 6.07 Å². The van der Waals surface area contributed by atoms with Gasteiger partial charge in [-0.2, -0.15) is 0 Å². The molecule has 1 aliphatic rings. The van der Waals surface area contributed by atoms with Gasteiger partial charge < -0.3 is 4.74 Å². The number of imide groups is 1. The first kappa shape index (κ1) is 10.4. The lowest BCUT2D eigenvalue weighted by atomic mass is 10.2. The van der Waals surface area contributed by atoms with Crippen molar-refractivity contribution in [3.05, 3.63) is 42.5 Å². The van der Waals surface area contributed by atoms with Crippen molar-refractivity contribution in [1.82, 2.24) is 4.90 Å². The highest BCUT2D eigenvalue weighted by molar-refractivity contribution is 5.99. The van der Waals surface area contributed by atoms with Crippen LogP contribution in [-0.4, -0.2) is 23.4 Å². The summed E-state index contributed by atoms with van der Waals surface area (Å²) in [6, 6.07) is 8.69. The van der Waals surface area contributed by atoms with E-state index in [1.54, 1.807) is 30.3 Å². The number of amides is 2. The molecule has 1 aliphatic heterocycles. The van der Waals surface area contributed by atoms with Crippen LogP contribution >= 0.6 is 0 Å². The molecule has 0 radical (unpaired) electrons. The van der Waals surface area contributed by atoms with Gasteiger partial charge in [0.1, 0.15) is 5.75 Å². The summed E-state index contributed by atoms with van der Waals surface area (Å²) in [6.07, 6.45) is 3.18. The molecule has 2 amide bonds. The van der Waals surface area contributed by atoms with Crippen LogP contribution in [0.15, 0.2) is 42.5 Å². The van der Waals surface area contributed by atoms with Crippen molar-refractivity contribution < 1.29 is 14.3 Å². The van der Waals surface area contributed by atoms with Gasteiger partial charge in [-0.25, -0.2) is 9.69 Å². The van der Waals surface area contributed by atoms with Crippen LogP contribution in [0, 0.1) is 0 Å². The third-order valence-electron chi connectivity index (χ3n) is 2.21. The number of nitrogens with zero attached hydrogens (tertiary/aromatic N) is 1. The van der Waals surface area contributed by atoms with Gasteiger partial charge in [0.25, 0.3) is 5.91 Å². The summed E-state index contributed by atoms with van der Waals surface area (Å²) in [4.78, 5) is 24.1.